The Kier molecular flexibility index (Phi) is 2.39. The largest absolute Gasteiger partial charge is 0.352 e. The van der Waals surface area contributed by atoms with Gasteiger partial charge in [-0.1, -0.05) is 54.6 Å². The van der Waals surface area contributed by atoms with Crippen molar-refractivity contribution in [1.29, 1.82) is 0 Å². The van der Waals surface area contributed by atoms with E-state index in [0.29, 0.717) is 0 Å². The van der Waals surface area contributed by atoms with E-state index < -0.39 is 0 Å². The summed E-state index contributed by atoms with van der Waals surface area (Å²) in [5.74, 6) is 0. The van der Waals surface area contributed by atoms with E-state index in [9.17, 15) is 4.79 Å². The number of nitrogens with one attached hydrogen (secondary N) is 2. The minimum Gasteiger partial charge on any atom is -0.352 e. The van der Waals surface area contributed by atoms with Crippen LogP contribution in [0.25, 0.3) is 33.4 Å². The summed E-state index contributed by atoms with van der Waals surface area (Å²) in [6.07, 6.45) is 0.785. The maximum absolute atomic E-state index is 12.4. The third-order valence-corrected chi connectivity index (χ3v) is 4.54. The van der Waals surface area contributed by atoms with Crippen LogP contribution in [-0.4, -0.2) is 15.2 Å². The summed E-state index contributed by atoms with van der Waals surface area (Å²) < 4.78 is 0. The van der Waals surface area contributed by atoms with Gasteiger partial charge in [0.2, 0.25) is 0 Å². The normalized spacial score (nSPS) is 12.3. The van der Waals surface area contributed by atoms with E-state index >= 15 is 0 Å². The van der Waals surface area contributed by atoms with Gasteiger partial charge in [0, 0.05) is 17.5 Å². The Balaban J connectivity index is 1.87. The van der Waals surface area contributed by atoms with Gasteiger partial charge in [-0.3, -0.25) is 4.79 Å². The Morgan fingerprint density at radius 2 is 1.74 bits per heavy atom. The highest BCUT2D eigenvalue weighted by atomic mass is 16.1. The molecule has 23 heavy (non-hydrogen) atoms. The summed E-state index contributed by atoms with van der Waals surface area (Å²) in [6, 6.07) is 18.2. The summed E-state index contributed by atoms with van der Waals surface area (Å²) >= 11 is 0. The SMILES string of the molecule is O=c1[nH]nc(-c2ccccc2)c2[nH]c3c(c12)Cc1ccccc1-3. The highest BCUT2D eigenvalue weighted by Crippen LogP contribution is 2.40. The molecule has 0 radical (unpaired) electrons. The van der Waals surface area contributed by atoms with E-state index in [1.807, 2.05) is 42.5 Å². The van der Waals surface area contributed by atoms with E-state index in [2.05, 4.69) is 27.3 Å². The smallest absolute Gasteiger partial charge is 0.273 e. The molecule has 4 aromatic rings. The van der Waals surface area contributed by atoms with Crippen LogP contribution in [0, 0.1) is 0 Å². The van der Waals surface area contributed by atoms with Gasteiger partial charge in [-0.2, -0.15) is 5.10 Å². The third-order valence-electron chi connectivity index (χ3n) is 4.54. The number of benzene rings is 2. The molecule has 0 spiro atoms. The van der Waals surface area contributed by atoms with Crippen LogP contribution in [-0.2, 0) is 6.42 Å². The molecular weight excluding hydrogens is 286 g/mol. The minimum absolute atomic E-state index is 0.134. The maximum atomic E-state index is 12.4. The van der Waals surface area contributed by atoms with Gasteiger partial charge in [0.25, 0.3) is 5.56 Å². The molecule has 4 heteroatoms. The molecule has 0 fully saturated rings. The van der Waals surface area contributed by atoms with Crippen LogP contribution in [0.15, 0.2) is 59.4 Å². The van der Waals surface area contributed by atoms with Gasteiger partial charge in [-0.25, -0.2) is 5.10 Å². The number of aromatic amines is 2. The second kappa shape index (κ2) is 4.43. The molecule has 1 aliphatic rings. The molecule has 0 amide bonds. The number of nitrogens with zero attached hydrogens (tertiary/aromatic N) is 1. The van der Waals surface area contributed by atoms with Crippen molar-refractivity contribution >= 4 is 10.9 Å². The molecule has 4 nitrogen and oxygen atoms in total. The molecule has 0 atom stereocenters. The molecule has 2 aromatic heterocycles. The Morgan fingerprint density at radius 3 is 2.61 bits per heavy atom. The Hall–Kier alpha value is -3.14. The summed E-state index contributed by atoms with van der Waals surface area (Å²) in [4.78, 5) is 15.9. The molecule has 0 aliphatic heterocycles. The quantitative estimate of drug-likeness (QED) is 0.498. The van der Waals surface area contributed by atoms with E-state index in [1.54, 1.807) is 0 Å². The first-order chi connectivity index (χ1) is 11.3. The first kappa shape index (κ1) is 12.4. The van der Waals surface area contributed by atoms with Crippen LogP contribution in [0.1, 0.15) is 11.1 Å². The zero-order valence-corrected chi connectivity index (χ0v) is 12.3. The number of hydrogen-bond donors (Lipinski definition) is 2. The van der Waals surface area contributed by atoms with Crippen molar-refractivity contribution < 1.29 is 0 Å². The molecule has 0 saturated carbocycles. The van der Waals surface area contributed by atoms with Crippen LogP contribution in [0.3, 0.4) is 0 Å². The Morgan fingerprint density at radius 1 is 0.957 bits per heavy atom. The standard InChI is InChI=1S/C19H13N3O/c23-19-15-14-10-12-8-4-5-9-13(12)17(14)20-18(15)16(21-22-19)11-6-2-1-3-7-11/h1-9,20H,10H2,(H,22,23). The van der Waals surface area contributed by atoms with Gasteiger partial charge in [0.05, 0.1) is 16.6 Å². The Bertz CT molecular complexity index is 1110. The molecule has 2 aromatic carbocycles. The van der Waals surface area contributed by atoms with Crippen LogP contribution < -0.4 is 5.56 Å². The van der Waals surface area contributed by atoms with Gasteiger partial charge < -0.3 is 4.98 Å². The molecule has 0 bridgehead atoms. The topological polar surface area (TPSA) is 61.5 Å². The lowest BCUT2D eigenvalue weighted by Crippen LogP contribution is -2.10. The number of rotatable bonds is 1. The molecule has 0 unspecified atom stereocenters. The second-order valence-electron chi connectivity index (χ2n) is 5.83. The van der Waals surface area contributed by atoms with Crippen molar-refractivity contribution in [2.75, 3.05) is 0 Å². The van der Waals surface area contributed by atoms with E-state index in [0.717, 1.165) is 39.8 Å². The summed E-state index contributed by atoms with van der Waals surface area (Å²) in [5.41, 5.74) is 7.01. The van der Waals surface area contributed by atoms with Gasteiger partial charge in [0.1, 0.15) is 5.69 Å². The molecule has 5 rings (SSSR count). The molecule has 2 N–H and O–H groups in total. The van der Waals surface area contributed by atoms with Gasteiger partial charge in [0.15, 0.2) is 0 Å². The number of H-pyrrole nitrogens is 2. The summed E-state index contributed by atoms with van der Waals surface area (Å²) in [6.45, 7) is 0. The average Bonchev–Trinajstić information content (AvgIpc) is 3.12. The third kappa shape index (κ3) is 1.66. The highest BCUT2D eigenvalue weighted by molar-refractivity contribution is 5.99. The first-order valence-electron chi connectivity index (χ1n) is 7.60. The van der Waals surface area contributed by atoms with Gasteiger partial charge >= 0.3 is 0 Å². The fraction of sp³-hybridized carbons (Fsp3) is 0.0526. The highest BCUT2D eigenvalue weighted by Gasteiger charge is 2.26. The minimum atomic E-state index is -0.134. The van der Waals surface area contributed by atoms with E-state index in [4.69, 9.17) is 0 Å². The fourth-order valence-electron chi connectivity index (χ4n) is 3.51. The van der Waals surface area contributed by atoms with Gasteiger partial charge in [-0.05, 0) is 11.1 Å². The summed E-state index contributed by atoms with van der Waals surface area (Å²) in [5, 5.41) is 7.66. The predicted octanol–water partition coefficient (Wildman–Crippen LogP) is 3.49. The lowest BCUT2D eigenvalue weighted by molar-refractivity contribution is 1.01. The predicted molar refractivity (Wildman–Crippen MR) is 90.4 cm³/mol. The molecule has 2 heterocycles. The average molecular weight is 299 g/mol. The van der Waals surface area contributed by atoms with Crippen molar-refractivity contribution in [3.05, 3.63) is 76.1 Å². The zero-order chi connectivity index (χ0) is 15.4. The second-order valence-corrected chi connectivity index (χ2v) is 5.83. The first-order valence-corrected chi connectivity index (χ1v) is 7.60. The lowest BCUT2D eigenvalue weighted by Gasteiger charge is -2.03. The summed E-state index contributed by atoms with van der Waals surface area (Å²) in [7, 11) is 0. The van der Waals surface area contributed by atoms with E-state index in [1.165, 1.54) is 11.1 Å². The van der Waals surface area contributed by atoms with Crippen LogP contribution in [0.2, 0.25) is 0 Å². The monoisotopic (exact) mass is 299 g/mol. The molecule has 110 valence electrons. The fourth-order valence-corrected chi connectivity index (χ4v) is 3.51. The number of hydrogen-bond acceptors (Lipinski definition) is 2. The van der Waals surface area contributed by atoms with E-state index in [-0.39, 0.29) is 5.56 Å². The van der Waals surface area contributed by atoms with Crippen molar-refractivity contribution in [3.63, 3.8) is 0 Å². The zero-order valence-electron chi connectivity index (χ0n) is 12.3. The number of aromatic nitrogens is 3. The Labute approximate surface area is 131 Å². The molecule has 0 saturated heterocycles. The van der Waals surface area contributed by atoms with Crippen LogP contribution >= 0.6 is 0 Å². The van der Waals surface area contributed by atoms with Gasteiger partial charge in [-0.15, -0.1) is 0 Å². The van der Waals surface area contributed by atoms with Crippen LogP contribution in [0.4, 0.5) is 0 Å². The van der Waals surface area contributed by atoms with Crippen molar-refractivity contribution in [1.82, 2.24) is 15.2 Å². The molecular formula is C19H13N3O. The maximum Gasteiger partial charge on any atom is 0.273 e. The van der Waals surface area contributed by atoms with Crippen LogP contribution in [0.5, 0.6) is 0 Å². The van der Waals surface area contributed by atoms with Crippen molar-refractivity contribution in [2.45, 2.75) is 6.42 Å². The van der Waals surface area contributed by atoms with Crippen molar-refractivity contribution in [3.8, 4) is 22.5 Å². The molecule has 1 aliphatic carbocycles. The number of fused-ring (bicyclic) bond motifs is 5. The van der Waals surface area contributed by atoms with Crippen molar-refractivity contribution in [2.24, 2.45) is 0 Å². The lowest BCUT2D eigenvalue weighted by atomic mass is 10.1.